The third-order valence-corrected chi connectivity index (χ3v) is 3.78. The van der Waals surface area contributed by atoms with E-state index >= 15 is 0 Å². The van der Waals surface area contributed by atoms with Crippen LogP contribution in [0.3, 0.4) is 0 Å². The number of hydrogen-bond donors (Lipinski definition) is 1. The maximum atomic E-state index is 10.1. The summed E-state index contributed by atoms with van der Waals surface area (Å²) < 4.78 is 11.4. The summed E-state index contributed by atoms with van der Waals surface area (Å²) in [4.78, 5) is 0. The molecule has 5 atom stereocenters. The van der Waals surface area contributed by atoms with Crippen molar-refractivity contribution in [1.82, 2.24) is 0 Å². The highest BCUT2D eigenvalue weighted by Gasteiger charge is 2.40. The molecule has 1 rings (SSSR count). The molecular weight excluding hydrogens is 216 g/mol. The molecule has 0 spiro atoms. The van der Waals surface area contributed by atoms with Crippen LogP contribution in [0, 0.1) is 11.8 Å². The second-order valence-electron chi connectivity index (χ2n) is 4.96. The van der Waals surface area contributed by atoms with Gasteiger partial charge < -0.3 is 14.6 Å². The van der Waals surface area contributed by atoms with Crippen molar-refractivity contribution in [3.63, 3.8) is 0 Å². The Labute approximate surface area is 105 Å². The lowest BCUT2D eigenvalue weighted by Crippen LogP contribution is -2.50. The third-order valence-electron chi connectivity index (χ3n) is 3.78. The van der Waals surface area contributed by atoms with Gasteiger partial charge in [0.2, 0.25) is 0 Å². The number of allylic oxidation sites excluding steroid dienone is 1. The number of hydrogen-bond acceptors (Lipinski definition) is 3. The SMILES string of the molecule is C=CCCCO[C@@H]1OC(CC)[C@H](C)[C@H](C)C1O. The number of ether oxygens (including phenoxy) is 2. The number of aliphatic hydroxyl groups excluding tert-OH is 1. The van der Waals surface area contributed by atoms with Crippen LogP contribution in [0.1, 0.15) is 40.0 Å². The number of unbranched alkanes of at least 4 members (excludes halogenated alkanes) is 1. The lowest BCUT2D eigenvalue weighted by molar-refractivity contribution is -0.270. The van der Waals surface area contributed by atoms with Gasteiger partial charge in [-0.1, -0.05) is 26.8 Å². The van der Waals surface area contributed by atoms with Crippen LogP contribution in [0.5, 0.6) is 0 Å². The first kappa shape index (κ1) is 14.7. The summed E-state index contributed by atoms with van der Waals surface area (Å²) in [6.45, 7) is 10.6. The summed E-state index contributed by atoms with van der Waals surface area (Å²) in [5.41, 5.74) is 0. The van der Waals surface area contributed by atoms with Gasteiger partial charge in [0, 0.05) is 0 Å². The zero-order valence-corrected chi connectivity index (χ0v) is 11.3. The highest BCUT2D eigenvalue weighted by Crippen LogP contribution is 2.32. The van der Waals surface area contributed by atoms with Crippen molar-refractivity contribution < 1.29 is 14.6 Å². The van der Waals surface area contributed by atoms with Crippen molar-refractivity contribution in [2.75, 3.05) is 6.61 Å². The quantitative estimate of drug-likeness (QED) is 0.575. The van der Waals surface area contributed by atoms with Gasteiger partial charge in [0.25, 0.3) is 0 Å². The predicted molar refractivity (Wildman–Crippen MR) is 68.7 cm³/mol. The minimum Gasteiger partial charge on any atom is -0.388 e. The van der Waals surface area contributed by atoms with Crippen LogP contribution in [-0.4, -0.2) is 30.2 Å². The van der Waals surface area contributed by atoms with Gasteiger partial charge in [0.1, 0.15) is 6.10 Å². The zero-order chi connectivity index (χ0) is 12.8. The van der Waals surface area contributed by atoms with Crippen LogP contribution < -0.4 is 0 Å². The minimum atomic E-state index is -0.517. The van der Waals surface area contributed by atoms with E-state index in [1.807, 2.05) is 6.08 Å². The molecule has 1 heterocycles. The van der Waals surface area contributed by atoms with Gasteiger partial charge in [0.15, 0.2) is 6.29 Å². The molecule has 1 aliphatic heterocycles. The van der Waals surface area contributed by atoms with E-state index in [9.17, 15) is 5.11 Å². The van der Waals surface area contributed by atoms with Crippen molar-refractivity contribution in [3.05, 3.63) is 12.7 Å². The summed E-state index contributed by atoms with van der Waals surface area (Å²) in [5, 5.41) is 10.1. The van der Waals surface area contributed by atoms with Gasteiger partial charge in [0.05, 0.1) is 12.7 Å². The number of rotatable bonds is 6. The topological polar surface area (TPSA) is 38.7 Å². The molecule has 3 heteroatoms. The number of aliphatic hydroxyl groups is 1. The smallest absolute Gasteiger partial charge is 0.183 e. The van der Waals surface area contributed by atoms with Gasteiger partial charge in [-0.05, 0) is 31.1 Å². The Balaban J connectivity index is 2.44. The summed E-state index contributed by atoms with van der Waals surface area (Å²) in [7, 11) is 0. The van der Waals surface area contributed by atoms with E-state index < -0.39 is 12.4 Å². The van der Waals surface area contributed by atoms with Gasteiger partial charge in [-0.3, -0.25) is 0 Å². The van der Waals surface area contributed by atoms with Gasteiger partial charge in [-0.15, -0.1) is 6.58 Å². The second kappa shape index (κ2) is 7.14. The normalized spacial score (nSPS) is 38.0. The Morgan fingerprint density at radius 2 is 2.06 bits per heavy atom. The Hall–Kier alpha value is -0.380. The average molecular weight is 242 g/mol. The highest BCUT2D eigenvalue weighted by atomic mass is 16.7. The van der Waals surface area contributed by atoms with E-state index in [4.69, 9.17) is 9.47 Å². The molecule has 0 amide bonds. The zero-order valence-electron chi connectivity index (χ0n) is 11.3. The van der Waals surface area contributed by atoms with Crippen molar-refractivity contribution >= 4 is 0 Å². The average Bonchev–Trinajstić information content (AvgIpc) is 2.34. The summed E-state index contributed by atoms with van der Waals surface area (Å²) >= 11 is 0. The molecule has 3 nitrogen and oxygen atoms in total. The standard InChI is InChI=1S/C14H26O3/c1-5-7-8-9-16-14-13(15)11(4)10(3)12(6-2)17-14/h5,10-15H,1,6-9H2,2-4H3/t10-,11+,12?,13?,14-/m1/s1. The Morgan fingerprint density at radius 1 is 1.35 bits per heavy atom. The Morgan fingerprint density at radius 3 is 2.65 bits per heavy atom. The lowest BCUT2D eigenvalue weighted by Gasteiger charge is -2.42. The Bertz CT molecular complexity index is 228. The Kier molecular flexibility index (Phi) is 6.17. The van der Waals surface area contributed by atoms with Crippen LogP contribution in [0.4, 0.5) is 0 Å². The van der Waals surface area contributed by atoms with Crippen molar-refractivity contribution in [2.45, 2.75) is 58.5 Å². The van der Waals surface area contributed by atoms with Crippen LogP contribution in [0.2, 0.25) is 0 Å². The minimum absolute atomic E-state index is 0.192. The second-order valence-corrected chi connectivity index (χ2v) is 4.96. The van der Waals surface area contributed by atoms with Crippen LogP contribution in [-0.2, 0) is 9.47 Å². The lowest BCUT2D eigenvalue weighted by atomic mass is 9.83. The largest absolute Gasteiger partial charge is 0.388 e. The molecule has 100 valence electrons. The molecular formula is C14H26O3. The summed E-state index contributed by atoms with van der Waals surface area (Å²) in [6, 6.07) is 0. The van der Waals surface area contributed by atoms with E-state index in [0.717, 1.165) is 19.3 Å². The summed E-state index contributed by atoms with van der Waals surface area (Å²) in [6.07, 6.45) is 3.92. The van der Waals surface area contributed by atoms with Crippen molar-refractivity contribution in [1.29, 1.82) is 0 Å². The van der Waals surface area contributed by atoms with Gasteiger partial charge >= 0.3 is 0 Å². The molecule has 0 bridgehead atoms. The first-order valence-electron chi connectivity index (χ1n) is 6.67. The van der Waals surface area contributed by atoms with Crippen LogP contribution in [0.15, 0.2) is 12.7 Å². The molecule has 0 aromatic heterocycles. The van der Waals surface area contributed by atoms with E-state index in [0.29, 0.717) is 12.5 Å². The van der Waals surface area contributed by atoms with Gasteiger partial charge in [-0.25, -0.2) is 0 Å². The molecule has 0 aliphatic carbocycles. The van der Waals surface area contributed by atoms with Crippen LogP contribution in [0.25, 0.3) is 0 Å². The molecule has 0 aromatic rings. The summed E-state index contributed by atoms with van der Waals surface area (Å²) in [5.74, 6) is 0.598. The fourth-order valence-corrected chi connectivity index (χ4v) is 2.31. The molecule has 0 radical (unpaired) electrons. The van der Waals surface area contributed by atoms with Crippen molar-refractivity contribution in [3.8, 4) is 0 Å². The molecule has 1 saturated heterocycles. The molecule has 0 saturated carbocycles. The maximum Gasteiger partial charge on any atom is 0.183 e. The molecule has 1 fully saturated rings. The molecule has 17 heavy (non-hydrogen) atoms. The van der Waals surface area contributed by atoms with Crippen LogP contribution >= 0.6 is 0 Å². The predicted octanol–water partition coefficient (Wildman–Crippen LogP) is 2.74. The fourth-order valence-electron chi connectivity index (χ4n) is 2.31. The molecule has 1 aliphatic rings. The highest BCUT2D eigenvalue weighted by molar-refractivity contribution is 4.84. The fraction of sp³-hybridized carbons (Fsp3) is 0.857. The first-order chi connectivity index (χ1) is 8.11. The monoisotopic (exact) mass is 242 g/mol. The van der Waals surface area contributed by atoms with E-state index in [1.54, 1.807) is 0 Å². The molecule has 1 N–H and O–H groups in total. The van der Waals surface area contributed by atoms with Crippen molar-refractivity contribution in [2.24, 2.45) is 11.8 Å². The van der Waals surface area contributed by atoms with E-state index in [1.165, 1.54) is 0 Å². The maximum absolute atomic E-state index is 10.1. The molecule has 0 aromatic carbocycles. The third kappa shape index (κ3) is 3.80. The van der Waals surface area contributed by atoms with E-state index in [-0.39, 0.29) is 12.0 Å². The molecule has 2 unspecified atom stereocenters. The van der Waals surface area contributed by atoms with Gasteiger partial charge in [-0.2, -0.15) is 0 Å². The van der Waals surface area contributed by atoms with E-state index in [2.05, 4.69) is 27.4 Å². The first-order valence-corrected chi connectivity index (χ1v) is 6.67.